The Balaban J connectivity index is 1.33. The fourth-order valence-corrected chi connectivity index (χ4v) is 5.78. The molecule has 5 rings (SSSR count). The average Bonchev–Trinajstić information content (AvgIpc) is 3.53. The Morgan fingerprint density at radius 3 is 2.33 bits per heavy atom. The first kappa shape index (κ1) is 31.1. The third-order valence-corrected chi connectivity index (χ3v) is 8.25. The minimum Gasteiger partial charge on any atom is -0.493 e. The highest BCUT2D eigenvalue weighted by Gasteiger charge is 2.16. The number of fused-ring (bicyclic) bond motifs is 5. The highest BCUT2D eigenvalue weighted by Crippen LogP contribution is 2.37. The summed E-state index contributed by atoms with van der Waals surface area (Å²) in [5, 5.41) is 7.95. The second-order valence-electron chi connectivity index (χ2n) is 9.94. The van der Waals surface area contributed by atoms with E-state index in [1.54, 1.807) is 24.8 Å². The van der Waals surface area contributed by atoms with Crippen molar-refractivity contribution >= 4 is 28.1 Å². The molecule has 4 aromatic rings. The number of rotatable bonds is 1. The van der Waals surface area contributed by atoms with Crippen molar-refractivity contribution in [1.29, 1.82) is 0 Å². The lowest BCUT2D eigenvalue weighted by atomic mass is 10.1. The summed E-state index contributed by atoms with van der Waals surface area (Å²) in [7, 11) is 1.62. The van der Waals surface area contributed by atoms with E-state index in [1.807, 2.05) is 12.1 Å². The third-order valence-electron chi connectivity index (χ3n) is 6.95. The smallest absolute Gasteiger partial charge is 0.162 e. The summed E-state index contributed by atoms with van der Waals surface area (Å²) in [6.07, 6.45) is 1.57. The molecule has 43 heavy (non-hydrogen) atoms. The van der Waals surface area contributed by atoms with Crippen LogP contribution >= 0.6 is 11.3 Å². The molecule has 10 nitrogen and oxygen atoms in total. The maximum absolute atomic E-state index is 6.04. The normalized spacial score (nSPS) is 18.5. The van der Waals surface area contributed by atoms with Gasteiger partial charge in [0.2, 0.25) is 0 Å². The first-order chi connectivity index (χ1) is 21.2. The molecule has 0 unspecified atom stereocenters. The predicted octanol–water partition coefficient (Wildman–Crippen LogP) is 5.09. The summed E-state index contributed by atoms with van der Waals surface area (Å²) in [4.78, 5) is 11.5. The van der Waals surface area contributed by atoms with Crippen LogP contribution in [0.1, 0.15) is 23.4 Å². The molecule has 0 aliphatic carbocycles. The monoisotopic (exact) mass is 608 g/mol. The number of nitrogens with zero attached hydrogens (tertiary/aromatic N) is 2. The molecule has 2 aromatic carbocycles. The van der Waals surface area contributed by atoms with Gasteiger partial charge in [-0.1, -0.05) is 24.3 Å². The molecular formula is C32H40N4O6S. The first-order valence-corrected chi connectivity index (χ1v) is 15.5. The zero-order valence-electron chi connectivity index (χ0n) is 24.8. The van der Waals surface area contributed by atoms with E-state index in [0.717, 1.165) is 29.8 Å². The van der Waals surface area contributed by atoms with Crippen molar-refractivity contribution in [1.82, 2.24) is 15.3 Å². The van der Waals surface area contributed by atoms with Gasteiger partial charge in [0.15, 0.2) is 11.5 Å². The number of methoxy groups -OCH3 is 1. The Kier molecular flexibility index (Phi) is 11.9. The standard InChI is InChI=1S/C32H40N4O6S/c1-23-30-7-8-31(43-30)25-6-4-3-5-24(25)21-33-9-10-38-11-12-39-13-14-40-15-16-41-17-18-42-29-19-26-27(20-28(29)37-2)34-22-35-32(26)36-23/h3-8,19-20,22-23,33H,9-18,21H2,1-2H3,(H,34,35,36)/t23-/m1/s1. The van der Waals surface area contributed by atoms with Gasteiger partial charge in [-0.05, 0) is 36.2 Å². The van der Waals surface area contributed by atoms with Crippen LogP contribution < -0.4 is 20.1 Å². The summed E-state index contributed by atoms with van der Waals surface area (Å²) in [6, 6.07) is 16.7. The number of anilines is 1. The van der Waals surface area contributed by atoms with Crippen molar-refractivity contribution in [2.75, 3.05) is 78.4 Å². The van der Waals surface area contributed by atoms with Crippen LogP contribution in [0.2, 0.25) is 0 Å². The summed E-state index contributed by atoms with van der Waals surface area (Å²) in [6.45, 7) is 8.18. The van der Waals surface area contributed by atoms with Gasteiger partial charge in [0, 0.05) is 34.3 Å². The first-order valence-electron chi connectivity index (χ1n) is 14.6. The maximum Gasteiger partial charge on any atom is 0.162 e. The molecule has 4 bridgehead atoms. The number of aromatic nitrogens is 2. The van der Waals surface area contributed by atoms with Gasteiger partial charge in [-0.15, -0.1) is 11.3 Å². The number of ether oxygens (including phenoxy) is 6. The Bertz CT molecular complexity index is 1430. The van der Waals surface area contributed by atoms with Gasteiger partial charge in [0.25, 0.3) is 0 Å². The number of benzene rings is 2. The molecule has 1 atom stereocenters. The Hall–Kier alpha value is -3.32. The topological polar surface area (TPSA) is 105 Å². The van der Waals surface area contributed by atoms with Gasteiger partial charge in [0.1, 0.15) is 18.8 Å². The van der Waals surface area contributed by atoms with Crippen molar-refractivity contribution in [3.05, 3.63) is 65.3 Å². The summed E-state index contributed by atoms with van der Waals surface area (Å²) < 4.78 is 34.2. The third kappa shape index (κ3) is 8.85. The van der Waals surface area contributed by atoms with Gasteiger partial charge >= 0.3 is 0 Å². The van der Waals surface area contributed by atoms with Crippen molar-refractivity contribution < 1.29 is 28.4 Å². The minimum absolute atomic E-state index is 0.0252. The lowest BCUT2D eigenvalue weighted by Crippen LogP contribution is -2.20. The molecule has 2 aromatic heterocycles. The van der Waals surface area contributed by atoms with E-state index in [9.17, 15) is 0 Å². The van der Waals surface area contributed by atoms with Crippen molar-refractivity contribution in [2.24, 2.45) is 0 Å². The van der Waals surface area contributed by atoms with Crippen LogP contribution in [-0.2, 0) is 25.5 Å². The van der Waals surface area contributed by atoms with Crippen LogP contribution in [0.3, 0.4) is 0 Å². The van der Waals surface area contributed by atoms with E-state index in [-0.39, 0.29) is 6.04 Å². The van der Waals surface area contributed by atoms with Gasteiger partial charge < -0.3 is 39.1 Å². The van der Waals surface area contributed by atoms with Crippen LogP contribution in [0, 0.1) is 0 Å². The van der Waals surface area contributed by atoms with E-state index >= 15 is 0 Å². The van der Waals surface area contributed by atoms with Crippen LogP contribution in [0.5, 0.6) is 11.5 Å². The molecule has 11 heteroatoms. The molecule has 3 heterocycles. The van der Waals surface area contributed by atoms with E-state index in [4.69, 9.17) is 28.4 Å². The second kappa shape index (κ2) is 16.5. The van der Waals surface area contributed by atoms with Gasteiger partial charge in [-0.25, -0.2) is 9.97 Å². The van der Waals surface area contributed by atoms with Crippen LogP contribution in [-0.4, -0.2) is 83.1 Å². The van der Waals surface area contributed by atoms with E-state index in [2.05, 4.69) is 63.9 Å². The largest absolute Gasteiger partial charge is 0.493 e. The number of thiophene rings is 1. The fourth-order valence-electron chi connectivity index (χ4n) is 4.71. The highest BCUT2D eigenvalue weighted by molar-refractivity contribution is 7.15. The molecule has 0 fully saturated rings. The Morgan fingerprint density at radius 2 is 1.56 bits per heavy atom. The molecule has 0 spiro atoms. The molecule has 0 saturated carbocycles. The lowest BCUT2D eigenvalue weighted by molar-refractivity contribution is -0.00433. The second-order valence-corrected chi connectivity index (χ2v) is 11.1. The molecular weight excluding hydrogens is 568 g/mol. The zero-order valence-corrected chi connectivity index (χ0v) is 25.6. The minimum atomic E-state index is 0.0252. The Labute approximate surface area is 256 Å². The van der Waals surface area contributed by atoms with Gasteiger partial charge in [-0.2, -0.15) is 0 Å². The molecule has 230 valence electrons. The zero-order chi connectivity index (χ0) is 29.7. The molecule has 2 N–H and O–H groups in total. The average molecular weight is 609 g/mol. The van der Waals surface area contributed by atoms with E-state index < -0.39 is 0 Å². The molecule has 1 aliphatic rings. The Morgan fingerprint density at radius 1 is 0.837 bits per heavy atom. The molecule has 0 amide bonds. The van der Waals surface area contributed by atoms with E-state index in [1.165, 1.54) is 20.9 Å². The summed E-state index contributed by atoms with van der Waals surface area (Å²) in [5.41, 5.74) is 3.25. The highest BCUT2D eigenvalue weighted by atomic mass is 32.1. The molecule has 0 saturated heterocycles. The quantitative estimate of drug-likeness (QED) is 0.304. The molecule has 0 radical (unpaired) electrons. The number of hydrogen-bond donors (Lipinski definition) is 2. The van der Waals surface area contributed by atoms with Gasteiger partial charge in [0.05, 0.1) is 71.5 Å². The summed E-state index contributed by atoms with van der Waals surface area (Å²) in [5.74, 6) is 1.95. The number of nitrogens with one attached hydrogen (secondary N) is 2. The molecule has 1 aliphatic heterocycles. The SMILES string of the molecule is COc1cc2ncnc3c2cc1OCCOCCOCCOCCOCCNCc1ccccc1-c1ccc(s1)[C@@H](C)N3. The van der Waals surface area contributed by atoms with Crippen molar-refractivity contribution in [2.45, 2.75) is 19.5 Å². The van der Waals surface area contributed by atoms with Crippen molar-refractivity contribution in [3.63, 3.8) is 0 Å². The predicted molar refractivity (Wildman–Crippen MR) is 168 cm³/mol. The fraction of sp³-hybridized carbons (Fsp3) is 0.438. The van der Waals surface area contributed by atoms with Crippen LogP contribution in [0.25, 0.3) is 21.3 Å². The van der Waals surface area contributed by atoms with Gasteiger partial charge in [-0.3, -0.25) is 0 Å². The van der Waals surface area contributed by atoms with E-state index in [0.29, 0.717) is 71.0 Å². The lowest BCUT2D eigenvalue weighted by Gasteiger charge is -2.16. The summed E-state index contributed by atoms with van der Waals surface area (Å²) >= 11 is 1.78. The maximum atomic E-state index is 6.04. The van der Waals surface area contributed by atoms with Crippen molar-refractivity contribution in [3.8, 4) is 21.9 Å². The number of hydrogen-bond acceptors (Lipinski definition) is 11. The van der Waals surface area contributed by atoms with Crippen LogP contribution in [0.4, 0.5) is 5.82 Å². The van der Waals surface area contributed by atoms with Crippen LogP contribution in [0.15, 0.2) is 54.9 Å².